The number of hydrogen-bond donors (Lipinski definition) is 0. The first-order valence-electron chi connectivity index (χ1n) is 9.23. The van der Waals surface area contributed by atoms with Crippen molar-refractivity contribution < 1.29 is 18.0 Å². The van der Waals surface area contributed by atoms with Crippen LogP contribution in [0.2, 0.25) is 0 Å². The highest BCUT2D eigenvalue weighted by atomic mass is 32.1. The van der Waals surface area contributed by atoms with Gasteiger partial charge < -0.3 is 4.90 Å². The van der Waals surface area contributed by atoms with Crippen molar-refractivity contribution in [3.63, 3.8) is 0 Å². The quantitative estimate of drug-likeness (QED) is 0.519. The molecule has 0 saturated carbocycles. The van der Waals surface area contributed by atoms with Crippen molar-refractivity contribution in [3.05, 3.63) is 87.6 Å². The molecule has 152 valence electrons. The smallest absolute Gasteiger partial charge is 0.316 e. The molecule has 4 rings (SSSR count). The van der Waals surface area contributed by atoms with E-state index in [1.54, 1.807) is 29.0 Å². The standard InChI is InChI=1S/C23H17F3N2OS/c1-27-22-17(12-19(30-22)4-2-3-15-5-8-18(24)9-6-15)14-28(23(27)29)13-16-7-10-20(25)21(26)11-16/h5-12H,3,13-14H2,1H3. The van der Waals surface area contributed by atoms with Gasteiger partial charge in [-0.15, -0.1) is 11.3 Å². The number of anilines is 1. The number of halogens is 3. The predicted molar refractivity (Wildman–Crippen MR) is 111 cm³/mol. The van der Waals surface area contributed by atoms with E-state index in [9.17, 15) is 18.0 Å². The fourth-order valence-corrected chi connectivity index (χ4v) is 4.27. The first-order chi connectivity index (χ1) is 14.4. The average molecular weight is 426 g/mol. The molecule has 1 aromatic heterocycles. The van der Waals surface area contributed by atoms with E-state index in [-0.39, 0.29) is 18.4 Å². The van der Waals surface area contributed by atoms with Gasteiger partial charge in [-0.2, -0.15) is 0 Å². The summed E-state index contributed by atoms with van der Waals surface area (Å²) in [5, 5.41) is 0.826. The molecule has 0 fully saturated rings. The Morgan fingerprint density at radius 2 is 1.73 bits per heavy atom. The lowest BCUT2D eigenvalue weighted by molar-refractivity contribution is 0.197. The maximum absolute atomic E-state index is 13.5. The van der Waals surface area contributed by atoms with E-state index in [1.807, 2.05) is 6.07 Å². The zero-order valence-electron chi connectivity index (χ0n) is 16.1. The molecule has 0 aliphatic carbocycles. The zero-order valence-corrected chi connectivity index (χ0v) is 16.9. The van der Waals surface area contributed by atoms with E-state index in [0.717, 1.165) is 33.1 Å². The summed E-state index contributed by atoms with van der Waals surface area (Å²) in [6.07, 6.45) is 0.500. The topological polar surface area (TPSA) is 23.6 Å². The van der Waals surface area contributed by atoms with E-state index in [4.69, 9.17) is 0 Å². The second-order valence-corrected chi connectivity index (χ2v) is 8.02. The van der Waals surface area contributed by atoms with Crippen molar-refractivity contribution in [2.45, 2.75) is 19.5 Å². The minimum Gasteiger partial charge on any atom is -0.316 e. The number of rotatable bonds is 3. The summed E-state index contributed by atoms with van der Waals surface area (Å²) in [7, 11) is 1.69. The minimum atomic E-state index is -0.930. The van der Waals surface area contributed by atoms with Crippen LogP contribution in [0.3, 0.4) is 0 Å². The Balaban J connectivity index is 1.49. The van der Waals surface area contributed by atoms with E-state index in [1.165, 1.54) is 29.5 Å². The zero-order chi connectivity index (χ0) is 21.3. The summed E-state index contributed by atoms with van der Waals surface area (Å²) < 4.78 is 39.6. The first kappa shape index (κ1) is 20.0. The van der Waals surface area contributed by atoms with Gasteiger partial charge in [0.2, 0.25) is 0 Å². The largest absolute Gasteiger partial charge is 0.325 e. The Kier molecular flexibility index (Phi) is 5.51. The maximum atomic E-state index is 13.5. The number of carbonyl (C=O) groups excluding carboxylic acids is 1. The van der Waals surface area contributed by atoms with Gasteiger partial charge in [0, 0.05) is 25.6 Å². The maximum Gasteiger partial charge on any atom is 0.325 e. The summed E-state index contributed by atoms with van der Waals surface area (Å²) in [5.41, 5.74) is 2.40. The molecule has 2 heterocycles. The molecule has 1 aliphatic heterocycles. The van der Waals surface area contributed by atoms with Crippen LogP contribution in [0, 0.1) is 29.3 Å². The van der Waals surface area contributed by atoms with Crippen LogP contribution in [0.1, 0.15) is 21.6 Å². The summed E-state index contributed by atoms with van der Waals surface area (Å²) in [5.74, 6) is 4.06. The van der Waals surface area contributed by atoms with Gasteiger partial charge in [-0.1, -0.05) is 30.0 Å². The van der Waals surface area contributed by atoms with Crippen molar-refractivity contribution in [2.24, 2.45) is 0 Å². The summed E-state index contributed by atoms with van der Waals surface area (Å²) in [6, 6.07) is 11.6. The third-order valence-electron chi connectivity index (χ3n) is 4.78. The lowest BCUT2D eigenvalue weighted by Gasteiger charge is -2.33. The van der Waals surface area contributed by atoms with Crippen molar-refractivity contribution in [1.29, 1.82) is 0 Å². The van der Waals surface area contributed by atoms with Gasteiger partial charge in [-0.25, -0.2) is 18.0 Å². The molecular formula is C23H17F3N2OS. The number of carbonyl (C=O) groups is 1. The number of nitrogens with zero attached hydrogens (tertiary/aromatic N) is 2. The summed E-state index contributed by atoms with van der Waals surface area (Å²) >= 11 is 1.43. The fourth-order valence-electron chi connectivity index (χ4n) is 3.27. The fraction of sp³-hybridized carbons (Fsp3) is 0.174. The van der Waals surface area contributed by atoms with Crippen LogP contribution in [-0.4, -0.2) is 18.0 Å². The molecule has 0 unspecified atom stereocenters. The molecule has 0 atom stereocenters. The molecule has 0 bridgehead atoms. The van der Waals surface area contributed by atoms with Gasteiger partial charge in [-0.3, -0.25) is 4.90 Å². The third-order valence-corrected chi connectivity index (χ3v) is 5.95. The van der Waals surface area contributed by atoms with E-state index in [0.29, 0.717) is 18.5 Å². The molecule has 3 aromatic rings. The van der Waals surface area contributed by atoms with Crippen molar-refractivity contribution in [3.8, 4) is 11.8 Å². The number of hydrogen-bond acceptors (Lipinski definition) is 2. The highest BCUT2D eigenvalue weighted by Gasteiger charge is 2.29. The molecule has 7 heteroatoms. The van der Waals surface area contributed by atoms with Gasteiger partial charge in [0.15, 0.2) is 11.6 Å². The second kappa shape index (κ2) is 8.25. The van der Waals surface area contributed by atoms with Crippen molar-refractivity contribution in [1.82, 2.24) is 4.90 Å². The van der Waals surface area contributed by atoms with Crippen LogP contribution < -0.4 is 4.90 Å². The Bertz CT molecular complexity index is 1160. The van der Waals surface area contributed by atoms with E-state index >= 15 is 0 Å². The van der Waals surface area contributed by atoms with Crippen LogP contribution in [-0.2, 0) is 19.5 Å². The molecule has 0 radical (unpaired) electrons. The number of urea groups is 1. The highest BCUT2D eigenvalue weighted by Crippen LogP contribution is 2.36. The molecular weight excluding hydrogens is 409 g/mol. The Morgan fingerprint density at radius 3 is 2.47 bits per heavy atom. The van der Waals surface area contributed by atoms with E-state index in [2.05, 4.69) is 11.8 Å². The van der Waals surface area contributed by atoms with Crippen LogP contribution >= 0.6 is 11.3 Å². The van der Waals surface area contributed by atoms with Crippen LogP contribution in [0.4, 0.5) is 23.0 Å². The molecule has 30 heavy (non-hydrogen) atoms. The first-order valence-corrected chi connectivity index (χ1v) is 10.0. The molecule has 0 spiro atoms. The number of benzene rings is 2. The number of thiophene rings is 1. The Labute approximate surface area is 176 Å². The van der Waals surface area contributed by atoms with Gasteiger partial charge in [-0.05, 0) is 41.5 Å². The number of fused-ring (bicyclic) bond motifs is 1. The summed E-state index contributed by atoms with van der Waals surface area (Å²) in [4.78, 5) is 16.7. The molecule has 1 aliphatic rings. The SMILES string of the molecule is CN1C(=O)N(Cc2ccc(F)c(F)c2)Cc2cc(C#CCc3ccc(F)cc3)sc21. The minimum absolute atomic E-state index is 0.182. The van der Waals surface area contributed by atoms with Crippen molar-refractivity contribution >= 4 is 22.4 Å². The van der Waals surface area contributed by atoms with Gasteiger partial charge in [0.1, 0.15) is 10.8 Å². The molecule has 0 N–H and O–H groups in total. The van der Waals surface area contributed by atoms with Crippen molar-refractivity contribution in [2.75, 3.05) is 11.9 Å². The highest BCUT2D eigenvalue weighted by molar-refractivity contribution is 7.17. The second-order valence-electron chi connectivity index (χ2n) is 6.99. The third kappa shape index (κ3) is 4.19. The molecule has 3 nitrogen and oxygen atoms in total. The molecule has 2 aromatic carbocycles. The molecule has 0 saturated heterocycles. The van der Waals surface area contributed by atoms with Gasteiger partial charge in [0.05, 0.1) is 11.4 Å². The summed E-state index contributed by atoms with van der Waals surface area (Å²) in [6.45, 7) is 0.550. The average Bonchev–Trinajstić information content (AvgIpc) is 3.13. The van der Waals surface area contributed by atoms with Crippen LogP contribution in [0.15, 0.2) is 48.5 Å². The molecule has 2 amide bonds. The monoisotopic (exact) mass is 426 g/mol. The predicted octanol–water partition coefficient (Wildman–Crippen LogP) is 5.33. The lowest BCUT2D eigenvalue weighted by atomic mass is 10.1. The Hall–Kier alpha value is -3.24. The van der Waals surface area contributed by atoms with Gasteiger partial charge in [0.25, 0.3) is 0 Å². The van der Waals surface area contributed by atoms with Gasteiger partial charge >= 0.3 is 6.03 Å². The van der Waals surface area contributed by atoms with Crippen LogP contribution in [0.25, 0.3) is 0 Å². The number of amides is 2. The van der Waals surface area contributed by atoms with E-state index < -0.39 is 11.6 Å². The Morgan fingerprint density at radius 1 is 1.00 bits per heavy atom. The normalized spacial score (nSPS) is 13.1. The lowest BCUT2D eigenvalue weighted by Crippen LogP contribution is -2.43. The van der Waals surface area contributed by atoms with Crippen LogP contribution in [0.5, 0.6) is 0 Å².